The van der Waals surface area contributed by atoms with E-state index >= 15 is 0 Å². The number of ether oxygens (including phenoxy) is 1. The second-order valence-corrected chi connectivity index (χ2v) is 4.50. The molecule has 1 aromatic rings. The van der Waals surface area contributed by atoms with Gasteiger partial charge >= 0.3 is 0 Å². The van der Waals surface area contributed by atoms with Crippen molar-refractivity contribution in [1.82, 2.24) is 10.6 Å². The highest BCUT2D eigenvalue weighted by molar-refractivity contribution is 5.39. The maximum Gasteiger partial charge on any atom is 0.122 e. The number of fused-ring (bicyclic) bond motifs is 1. The van der Waals surface area contributed by atoms with Gasteiger partial charge in [0.2, 0.25) is 0 Å². The average Bonchev–Trinajstić information content (AvgIpc) is 2.81. The SMILES string of the molecule is CNCCCNCCc1ccc2c(c1)CCO2. The second kappa shape index (κ2) is 6.62. The Morgan fingerprint density at radius 2 is 2.18 bits per heavy atom. The lowest BCUT2D eigenvalue weighted by Crippen LogP contribution is -2.21. The molecule has 1 aliphatic rings. The molecule has 0 unspecified atom stereocenters. The Labute approximate surface area is 104 Å². The predicted molar refractivity (Wildman–Crippen MR) is 70.8 cm³/mol. The Balaban J connectivity index is 1.69. The van der Waals surface area contributed by atoms with Crippen LogP contribution in [0.2, 0.25) is 0 Å². The molecule has 0 atom stereocenters. The Morgan fingerprint density at radius 1 is 1.24 bits per heavy atom. The Morgan fingerprint density at radius 3 is 3.06 bits per heavy atom. The normalized spacial score (nSPS) is 13.5. The number of nitrogens with one attached hydrogen (secondary N) is 2. The van der Waals surface area contributed by atoms with Crippen molar-refractivity contribution >= 4 is 0 Å². The van der Waals surface area contributed by atoms with Crippen LogP contribution in [0.1, 0.15) is 17.5 Å². The van der Waals surface area contributed by atoms with Crippen molar-refractivity contribution in [2.75, 3.05) is 33.3 Å². The quantitative estimate of drug-likeness (QED) is 0.699. The van der Waals surface area contributed by atoms with Crippen LogP contribution in [0.25, 0.3) is 0 Å². The van der Waals surface area contributed by atoms with Gasteiger partial charge in [0.25, 0.3) is 0 Å². The van der Waals surface area contributed by atoms with Crippen LogP contribution in [0.5, 0.6) is 5.75 Å². The Hall–Kier alpha value is -1.06. The number of benzene rings is 1. The first-order valence-corrected chi connectivity index (χ1v) is 6.50. The summed E-state index contributed by atoms with van der Waals surface area (Å²) in [6.45, 7) is 4.09. The summed E-state index contributed by atoms with van der Waals surface area (Å²) >= 11 is 0. The molecule has 17 heavy (non-hydrogen) atoms. The highest BCUT2D eigenvalue weighted by atomic mass is 16.5. The first-order chi connectivity index (χ1) is 8.40. The van der Waals surface area contributed by atoms with Crippen LogP contribution in [0.4, 0.5) is 0 Å². The van der Waals surface area contributed by atoms with Crippen LogP contribution < -0.4 is 15.4 Å². The molecule has 3 nitrogen and oxygen atoms in total. The smallest absolute Gasteiger partial charge is 0.122 e. The van der Waals surface area contributed by atoms with Crippen LogP contribution in [0.3, 0.4) is 0 Å². The van der Waals surface area contributed by atoms with Gasteiger partial charge in [-0.1, -0.05) is 12.1 Å². The zero-order valence-electron chi connectivity index (χ0n) is 10.6. The highest BCUT2D eigenvalue weighted by Gasteiger charge is 2.11. The molecule has 0 aliphatic carbocycles. The van der Waals surface area contributed by atoms with E-state index < -0.39 is 0 Å². The van der Waals surface area contributed by atoms with Crippen LogP contribution >= 0.6 is 0 Å². The monoisotopic (exact) mass is 234 g/mol. The molecule has 0 aromatic heterocycles. The Bertz CT molecular complexity index is 352. The van der Waals surface area contributed by atoms with Gasteiger partial charge in [-0.2, -0.15) is 0 Å². The van der Waals surface area contributed by atoms with Gasteiger partial charge in [0, 0.05) is 6.42 Å². The predicted octanol–water partition coefficient (Wildman–Crippen LogP) is 1.36. The van der Waals surface area contributed by atoms with Gasteiger partial charge in [0.15, 0.2) is 0 Å². The molecule has 2 N–H and O–H groups in total. The molecule has 1 aliphatic heterocycles. The molecular weight excluding hydrogens is 212 g/mol. The van der Waals surface area contributed by atoms with Gasteiger partial charge in [-0.3, -0.25) is 0 Å². The fourth-order valence-corrected chi connectivity index (χ4v) is 2.14. The molecule has 0 fully saturated rings. The molecule has 0 saturated heterocycles. The van der Waals surface area contributed by atoms with E-state index in [2.05, 4.69) is 28.8 Å². The maximum absolute atomic E-state index is 5.50. The second-order valence-electron chi connectivity index (χ2n) is 4.50. The first-order valence-electron chi connectivity index (χ1n) is 6.50. The van der Waals surface area contributed by atoms with E-state index in [0.29, 0.717) is 0 Å². The number of hydrogen-bond acceptors (Lipinski definition) is 3. The summed E-state index contributed by atoms with van der Waals surface area (Å²) in [6, 6.07) is 6.58. The average molecular weight is 234 g/mol. The van der Waals surface area contributed by atoms with E-state index in [9.17, 15) is 0 Å². The molecule has 0 saturated carbocycles. The van der Waals surface area contributed by atoms with Crippen molar-refractivity contribution in [1.29, 1.82) is 0 Å². The lowest BCUT2D eigenvalue weighted by atomic mass is 10.1. The minimum atomic E-state index is 0.848. The molecule has 1 heterocycles. The lowest BCUT2D eigenvalue weighted by Gasteiger charge is -2.06. The minimum Gasteiger partial charge on any atom is -0.493 e. The molecular formula is C14H22N2O. The van der Waals surface area contributed by atoms with Gasteiger partial charge in [-0.25, -0.2) is 0 Å². The van der Waals surface area contributed by atoms with Crippen molar-refractivity contribution in [3.63, 3.8) is 0 Å². The third-order valence-electron chi connectivity index (χ3n) is 3.12. The fourth-order valence-electron chi connectivity index (χ4n) is 2.14. The number of hydrogen-bond donors (Lipinski definition) is 2. The van der Waals surface area contributed by atoms with Crippen molar-refractivity contribution in [3.05, 3.63) is 29.3 Å². The van der Waals surface area contributed by atoms with Crippen molar-refractivity contribution in [3.8, 4) is 5.75 Å². The zero-order valence-corrected chi connectivity index (χ0v) is 10.6. The van der Waals surface area contributed by atoms with E-state index in [4.69, 9.17) is 4.74 Å². The number of rotatable bonds is 7. The van der Waals surface area contributed by atoms with E-state index in [1.807, 2.05) is 7.05 Å². The summed E-state index contributed by atoms with van der Waals surface area (Å²) in [5.74, 6) is 1.08. The first kappa shape index (κ1) is 12.4. The molecule has 1 aromatic carbocycles. The van der Waals surface area contributed by atoms with Crippen LogP contribution in [0, 0.1) is 0 Å². The zero-order chi connectivity index (χ0) is 11.9. The molecule has 0 spiro atoms. The van der Waals surface area contributed by atoms with Crippen molar-refractivity contribution in [2.45, 2.75) is 19.3 Å². The molecule has 94 valence electrons. The van der Waals surface area contributed by atoms with Crippen LogP contribution in [-0.4, -0.2) is 33.3 Å². The maximum atomic E-state index is 5.50. The molecule has 2 rings (SSSR count). The van der Waals surface area contributed by atoms with Gasteiger partial charge < -0.3 is 15.4 Å². The van der Waals surface area contributed by atoms with Crippen molar-refractivity contribution < 1.29 is 4.74 Å². The topological polar surface area (TPSA) is 33.3 Å². The van der Waals surface area contributed by atoms with E-state index in [0.717, 1.165) is 44.8 Å². The van der Waals surface area contributed by atoms with Gasteiger partial charge in [-0.05, 0) is 56.7 Å². The van der Waals surface area contributed by atoms with Crippen molar-refractivity contribution in [2.24, 2.45) is 0 Å². The standard InChI is InChI=1S/C14H22N2O/c1-15-7-2-8-16-9-5-12-3-4-14-13(11-12)6-10-17-14/h3-4,11,15-16H,2,5-10H2,1H3. The van der Waals surface area contributed by atoms with Crippen LogP contribution in [0.15, 0.2) is 18.2 Å². The third-order valence-corrected chi connectivity index (χ3v) is 3.12. The van der Waals surface area contributed by atoms with Gasteiger partial charge in [-0.15, -0.1) is 0 Å². The third kappa shape index (κ3) is 3.72. The summed E-state index contributed by atoms with van der Waals surface area (Å²) in [5, 5.41) is 6.62. The van der Waals surface area contributed by atoms with Gasteiger partial charge in [0.1, 0.15) is 5.75 Å². The lowest BCUT2D eigenvalue weighted by molar-refractivity contribution is 0.357. The largest absolute Gasteiger partial charge is 0.493 e. The fraction of sp³-hybridized carbons (Fsp3) is 0.571. The highest BCUT2D eigenvalue weighted by Crippen LogP contribution is 2.25. The summed E-state index contributed by atoms with van der Waals surface area (Å²) in [7, 11) is 1.99. The molecule has 3 heteroatoms. The molecule has 0 amide bonds. The van der Waals surface area contributed by atoms with E-state index in [1.165, 1.54) is 17.5 Å². The summed E-state index contributed by atoms with van der Waals surface area (Å²) < 4.78 is 5.50. The van der Waals surface area contributed by atoms with Crippen LogP contribution in [-0.2, 0) is 12.8 Å². The minimum absolute atomic E-state index is 0.848. The summed E-state index contributed by atoms with van der Waals surface area (Å²) in [4.78, 5) is 0. The summed E-state index contributed by atoms with van der Waals surface area (Å²) in [6.07, 6.45) is 3.36. The Kier molecular flexibility index (Phi) is 4.83. The van der Waals surface area contributed by atoms with E-state index in [-0.39, 0.29) is 0 Å². The van der Waals surface area contributed by atoms with Gasteiger partial charge in [0.05, 0.1) is 6.61 Å². The molecule has 0 bridgehead atoms. The summed E-state index contributed by atoms with van der Waals surface area (Å²) in [5.41, 5.74) is 2.79. The van der Waals surface area contributed by atoms with E-state index in [1.54, 1.807) is 0 Å². The molecule has 0 radical (unpaired) electrons.